The number of aliphatic hydroxyl groups is 1. The van der Waals surface area contributed by atoms with Gasteiger partial charge in [0.15, 0.2) is 0 Å². The minimum Gasteiger partial charge on any atom is -0.396 e. The maximum Gasteiger partial charge on any atom is 0.134 e. The van der Waals surface area contributed by atoms with Gasteiger partial charge in [0.05, 0.1) is 30.5 Å². The van der Waals surface area contributed by atoms with Crippen LogP contribution in [0.15, 0.2) is 0 Å². The summed E-state index contributed by atoms with van der Waals surface area (Å²) in [6, 6.07) is 0. The fourth-order valence-electron chi connectivity index (χ4n) is 2.26. The summed E-state index contributed by atoms with van der Waals surface area (Å²) >= 11 is 0. The van der Waals surface area contributed by atoms with E-state index in [9.17, 15) is 9.90 Å². The predicted octanol–water partition coefficient (Wildman–Crippen LogP) is 3.74. The van der Waals surface area contributed by atoms with Crippen molar-refractivity contribution in [3.63, 3.8) is 0 Å². The third-order valence-corrected chi connectivity index (χ3v) is 4.57. The van der Waals surface area contributed by atoms with E-state index in [1.807, 2.05) is 55.4 Å². The normalized spacial score (nSPS) is 15.0. The van der Waals surface area contributed by atoms with Crippen molar-refractivity contribution in [2.75, 3.05) is 13.2 Å². The number of hydrogen-bond donors (Lipinski definition) is 1. The van der Waals surface area contributed by atoms with Gasteiger partial charge in [-0.1, -0.05) is 20.8 Å². The van der Waals surface area contributed by atoms with Crippen LogP contribution >= 0.6 is 0 Å². The van der Waals surface area contributed by atoms with Crippen molar-refractivity contribution in [1.82, 2.24) is 0 Å². The molecule has 1 N–H and O–H groups in total. The number of Topliss-reactive ketones (excluding diaryl/α,β-unsaturated/α-hetero) is 1. The highest BCUT2D eigenvalue weighted by Crippen LogP contribution is 2.35. The van der Waals surface area contributed by atoms with Crippen molar-refractivity contribution >= 4 is 5.78 Å². The number of ketones is 1. The van der Waals surface area contributed by atoms with Gasteiger partial charge in [0, 0.05) is 24.7 Å². The van der Waals surface area contributed by atoms with E-state index in [-0.39, 0.29) is 29.5 Å². The van der Waals surface area contributed by atoms with Gasteiger partial charge in [-0.25, -0.2) is 0 Å². The van der Waals surface area contributed by atoms with Gasteiger partial charge in [-0.05, 0) is 34.6 Å². The Balaban J connectivity index is 4.45. The summed E-state index contributed by atoms with van der Waals surface area (Å²) in [4.78, 5) is 11.3. The lowest BCUT2D eigenvalue weighted by Gasteiger charge is -2.43. The molecule has 0 bridgehead atoms. The van der Waals surface area contributed by atoms with Gasteiger partial charge in [0.25, 0.3) is 0 Å². The third-order valence-electron chi connectivity index (χ3n) is 4.57. The first-order valence-corrected chi connectivity index (χ1v) is 8.31. The summed E-state index contributed by atoms with van der Waals surface area (Å²) < 4.78 is 12.0. The molecule has 4 nitrogen and oxygen atoms in total. The van der Waals surface area contributed by atoms with Crippen LogP contribution in [0.1, 0.15) is 74.7 Å². The molecule has 0 heterocycles. The van der Waals surface area contributed by atoms with E-state index in [4.69, 9.17) is 9.47 Å². The van der Waals surface area contributed by atoms with Crippen molar-refractivity contribution in [2.45, 2.75) is 92.0 Å². The number of carbonyl (C=O) groups excluding carboxylic acids is 1. The van der Waals surface area contributed by atoms with E-state index in [1.165, 1.54) is 0 Å². The van der Waals surface area contributed by atoms with Crippen molar-refractivity contribution in [3.8, 4) is 0 Å². The van der Waals surface area contributed by atoms with Crippen molar-refractivity contribution in [3.05, 3.63) is 0 Å². The predicted molar refractivity (Wildman–Crippen MR) is 90.1 cm³/mol. The van der Waals surface area contributed by atoms with Gasteiger partial charge >= 0.3 is 0 Å². The quantitative estimate of drug-likeness (QED) is 0.631. The molecule has 0 fully saturated rings. The second-order valence-electron chi connectivity index (χ2n) is 7.94. The first-order chi connectivity index (χ1) is 9.87. The van der Waals surface area contributed by atoms with Gasteiger partial charge in [-0.15, -0.1) is 0 Å². The number of rotatable bonds is 11. The van der Waals surface area contributed by atoms with Crippen molar-refractivity contribution < 1.29 is 19.4 Å². The molecular weight excluding hydrogens is 280 g/mol. The standard InChI is InChI=1S/C18H36O4/c1-9-15(20)10-11-21-17(5,6)12-14(2)22-18(7,8)16(3,4)13-19/h14,19H,9-13H2,1-8H3. The molecule has 0 aliphatic rings. The van der Waals surface area contributed by atoms with Crippen LogP contribution in [-0.4, -0.2) is 41.4 Å². The van der Waals surface area contributed by atoms with E-state index in [1.54, 1.807) is 0 Å². The van der Waals surface area contributed by atoms with Crippen LogP contribution in [0, 0.1) is 5.41 Å². The molecule has 0 amide bonds. The summed E-state index contributed by atoms with van der Waals surface area (Å²) in [7, 11) is 0. The molecule has 132 valence electrons. The molecule has 0 spiro atoms. The molecule has 0 aromatic heterocycles. The van der Waals surface area contributed by atoms with Gasteiger partial charge in [0.1, 0.15) is 5.78 Å². The first kappa shape index (κ1) is 21.6. The zero-order valence-corrected chi connectivity index (χ0v) is 15.8. The van der Waals surface area contributed by atoms with Crippen LogP contribution in [0.25, 0.3) is 0 Å². The Bertz CT molecular complexity index is 345. The Hall–Kier alpha value is -0.450. The lowest BCUT2D eigenvalue weighted by molar-refractivity contribution is -0.161. The Morgan fingerprint density at radius 1 is 1.14 bits per heavy atom. The lowest BCUT2D eigenvalue weighted by atomic mass is 9.77. The van der Waals surface area contributed by atoms with E-state index < -0.39 is 5.60 Å². The average molecular weight is 316 g/mol. The lowest BCUT2D eigenvalue weighted by Crippen LogP contribution is -2.47. The number of hydrogen-bond acceptors (Lipinski definition) is 4. The molecule has 1 atom stereocenters. The maximum absolute atomic E-state index is 11.3. The molecule has 1 unspecified atom stereocenters. The zero-order chi connectivity index (χ0) is 17.6. The Morgan fingerprint density at radius 2 is 1.68 bits per heavy atom. The SMILES string of the molecule is CCC(=O)CCOC(C)(C)CC(C)OC(C)(C)C(C)(C)CO. The molecule has 0 aliphatic heterocycles. The van der Waals surface area contributed by atoms with E-state index >= 15 is 0 Å². The highest BCUT2D eigenvalue weighted by atomic mass is 16.5. The van der Waals surface area contributed by atoms with Crippen molar-refractivity contribution in [1.29, 1.82) is 0 Å². The number of aliphatic hydroxyl groups excluding tert-OH is 1. The van der Waals surface area contributed by atoms with Gasteiger partial charge in [-0.3, -0.25) is 4.79 Å². The Kier molecular flexibility index (Phi) is 8.24. The van der Waals surface area contributed by atoms with Crippen LogP contribution in [0.2, 0.25) is 0 Å². The van der Waals surface area contributed by atoms with Crippen molar-refractivity contribution in [2.24, 2.45) is 5.41 Å². The molecule has 0 saturated carbocycles. The molecule has 0 aliphatic carbocycles. The molecule has 0 radical (unpaired) electrons. The van der Waals surface area contributed by atoms with Gasteiger partial charge in [0.2, 0.25) is 0 Å². The second-order valence-corrected chi connectivity index (χ2v) is 7.94. The monoisotopic (exact) mass is 316 g/mol. The smallest absolute Gasteiger partial charge is 0.134 e. The van der Waals surface area contributed by atoms with E-state index in [2.05, 4.69) is 0 Å². The van der Waals surface area contributed by atoms with Crippen LogP contribution in [-0.2, 0) is 14.3 Å². The maximum atomic E-state index is 11.3. The molecule has 0 aromatic carbocycles. The highest BCUT2D eigenvalue weighted by Gasteiger charge is 2.39. The molecule has 0 rings (SSSR count). The average Bonchev–Trinajstić information content (AvgIpc) is 2.36. The van der Waals surface area contributed by atoms with Crippen LogP contribution in [0.3, 0.4) is 0 Å². The second kappa shape index (κ2) is 8.42. The highest BCUT2D eigenvalue weighted by molar-refractivity contribution is 5.78. The van der Waals surface area contributed by atoms with Crippen LogP contribution in [0.5, 0.6) is 0 Å². The summed E-state index contributed by atoms with van der Waals surface area (Å²) in [5.41, 5.74) is -1.10. The van der Waals surface area contributed by atoms with E-state index in [0.717, 1.165) is 6.42 Å². The summed E-state index contributed by atoms with van der Waals surface area (Å²) in [5, 5.41) is 9.53. The zero-order valence-electron chi connectivity index (χ0n) is 15.8. The molecule has 22 heavy (non-hydrogen) atoms. The summed E-state index contributed by atoms with van der Waals surface area (Å²) in [6.07, 6.45) is 1.77. The molecular formula is C18H36O4. The molecule has 4 heteroatoms. The topological polar surface area (TPSA) is 55.8 Å². The summed E-state index contributed by atoms with van der Waals surface area (Å²) in [5.74, 6) is 0.228. The van der Waals surface area contributed by atoms with Gasteiger partial charge < -0.3 is 14.6 Å². The minimum absolute atomic E-state index is 0.00213. The largest absolute Gasteiger partial charge is 0.396 e. The minimum atomic E-state index is -0.435. The summed E-state index contributed by atoms with van der Waals surface area (Å²) in [6.45, 7) is 16.5. The fraction of sp³-hybridized carbons (Fsp3) is 0.944. The Labute approximate surface area is 136 Å². The van der Waals surface area contributed by atoms with Gasteiger partial charge in [-0.2, -0.15) is 0 Å². The molecule has 0 saturated heterocycles. The van der Waals surface area contributed by atoms with Crippen LogP contribution in [0.4, 0.5) is 0 Å². The number of ether oxygens (including phenoxy) is 2. The molecule has 0 aromatic rings. The number of carbonyl (C=O) groups is 1. The third kappa shape index (κ3) is 7.21. The Morgan fingerprint density at radius 3 is 2.14 bits per heavy atom. The van der Waals surface area contributed by atoms with Crippen LogP contribution < -0.4 is 0 Å². The van der Waals surface area contributed by atoms with E-state index in [0.29, 0.717) is 19.4 Å². The fourth-order valence-corrected chi connectivity index (χ4v) is 2.26. The first-order valence-electron chi connectivity index (χ1n) is 8.31.